The van der Waals surface area contributed by atoms with E-state index in [0.717, 1.165) is 10.6 Å². The minimum Gasteiger partial charge on any atom is -0.465 e. The number of hydrogen-bond donors (Lipinski definition) is 2. The topological polar surface area (TPSA) is 64.3 Å². The van der Waals surface area contributed by atoms with Crippen LogP contribution in [0.3, 0.4) is 0 Å². The van der Waals surface area contributed by atoms with Crippen molar-refractivity contribution >= 4 is 46.4 Å². The quantitative estimate of drug-likeness (QED) is 0.502. The van der Waals surface area contributed by atoms with Crippen LogP contribution >= 0.6 is 23.4 Å². The van der Waals surface area contributed by atoms with Crippen molar-refractivity contribution in [1.82, 2.24) is 0 Å². The van der Waals surface area contributed by atoms with Gasteiger partial charge in [-0.25, -0.2) is 4.79 Å². The van der Waals surface area contributed by atoms with Crippen LogP contribution in [0.5, 0.6) is 0 Å². The maximum atomic E-state index is 11.9. The molecule has 110 valence electrons. The molecule has 0 saturated carbocycles. The molecular formula is C15H15ClN2O2S. The smallest absolute Gasteiger partial charge is 0.340 e. The number of halogens is 1. The first-order valence-corrected chi connectivity index (χ1v) is 7.74. The number of thioether (sulfide) groups is 1. The molecule has 0 aliphatic rings. The second-order valence-electron chi connectivity index (χ2n) is 4.27. The second-order valence-corrected chi connectivity index (χ2v) is 5.56. The fourth-order valence-corrected chi connectivity index (χ4v) is 2.61. The summed E-state index contributed by atoms with van der Waals surface area (Å²) in [7, 11) is 1.32. The number of carbonyl (C=O) groups is 1. The molecule has 6 heteroatoms. The van der Waals surface area contributed by atoms with E-state index in [2.05, 4.69) is 5.32 Å². The number of nitrogens with two attached hydrogens (primary N) is 1. The molecule has 0 spiro atoms. The summed E-state index contributed by atoms with van der Waals surface area (Å²) in [5, 5.41) is 3.52. The van der Waals surface area contributed by atoms with Gasteiger partial charge >= 0.3 is 5.97 Å². The second kappa shape index (κ2) is 6.74. The average Bonchev–Trinajstić information content (AvgIpc) is 2.49. The molecule has 0 aromatic heterocycles. The monoisotopic (exact) mass is 322 g/mol. The summed E-state index contributed by atoms with van der Waals surface area (Å²) >= 11 is 7.83. The van der Waals surface area contributed by atoms with Gasteiger partial charge in [0.25, 0.3) is 0 Å². The van der Waals surface area contributed by atoms with E-state index in [9.17, 15) is 4.79 Å². The van der Waals surface area contributed by atoms with Crippen LogP contribution in [0, 0.1) is 0 Å². The lowest BCUT2D eigenvalue weighted by molar-refractivity contribution is 0.0602. The molecule has 0 amide bonds. The van der Waals surface area contributed by atoms with Crippen LogP contribution in [0.25, 0.3) is 0 Å². The number of benzene rings is 2. The van der Waals surface area contributed by atoms with Gasteiger partial charge in [-0.05, 0) is 36.6 Å². The van der Waals surface area contributed by atoms with E-state index in [1.807, 2.05) is 30.5 Å². The Morgan fingerprint density at radius 3 is 2.76 bits per heavy atom. The predicted molar refractivity (Wildman–Crippen MR) is 88.7 cm³/mol. The van der Waals surface area contributed by atoms with E-state index in [0.29, 0.717) is 22.0 Å². The van der Waals surface area contributed by atoms with Crippen molar-refractivity contribution in [3.05, 3.63) is 47.0 Å². The van der Waals surface area contributed by atoms with Gasteiger partial charge in [0.15, 0.2) is 0 Å². The van der Waals surface area contributed by atoms with Crippen LogP contribution in [-0.4, -0.2) is 19.3 Å². The van der Waals surface area contributed by atoms with Crippen LogP contribution in [0.4, 0.5) is 17.1 Å². The van der Waals surface area contributed by atoms with Gasteiger partial charge in [0.1, 0.15) is 0 Å². The zero-order valence-electron chi connectivity index (χ0n) is 11.6. The largest absolute Gasteiger partial charge is 0.465 e. The van der Waals surface area contributed by atoms with E-state index in [4.69, 9.17) is 22.1 Å². The molecule has 0 radical (unpaired) electrons. The summed E-state index contributed by atoms with van der Waals surface area (Å²) in [6, 6.07) is 10.9. The highest BCUT2D eigenvalue weighted by Crippen LogP contribution is 2.33. The normalized spacial score (nSPS) is 10.2. The van der Waals surface area contributed by atoms with E-state index in [-0.39, 0.29) is 0 Å². The van der Waals surface area contributed by atoms with Gasteiger partial charge in [0.2, 0.25) is 0 Å². The molecule has 2 rings (SSSR count). The molecule has 2 aromatic rings. The fourth-order valence-electron chi connectivity index (χ4n) is 1.87. The lowest BCUT2D eigenvalue weighted by atomic mass is 10.1. The molecule has 4 nitrogen and oxygen atoms in total. The number of nitrogen functional groups attached to an aromatic ring is 1. The zero-order valence-corrected chi connectivity index (χ0v) is 13.2. The first-order valence-electron chi connectivity index (χ1n) is 6.13. The first kappa shape index (κ1) is 15.5. The minimum absolute atomic E-state index is 0.303. The maximum absolute atomic E-state index is 11.9. The van der Waals surface area contributed by atoms with Gasteiger partial charge in [0.05, 0.1) is 23.4 Å². The Labute approximate surface area is 132 Å². The number of methoxy groups -OCH3 is 1. The first-order chi connectivity index (χ1) is 10.0. The van der Waals surface area contributed by atoms with Crippen LogP contribution in [0.2, 0.25) is 5.02 Å². The van der Waals surface area contributed by atoms with Crippen molar-refractivity contribution in [1.29, 1.82) is 0 Å². The van der Waals surface area contributed by atoms with E-state index in [1.165, 1.54) is 7.11 Å². The maximum Gasteiger partial charge on any atom is 0.340 e. The van der Waals surface area contributed by atoms with Crippen molar-refractivity contribution in [2.24, 2.45) is 0 Å². The molecule has 0 atom stereocenters. The number of hydrogen-bond acceptors (Lipinski definition) is 5. The molecule has 21 heavy (non-hydrogen) atoms. The third-order valence-corrected chi connectivity index (χ3v) is 3.88. The molecule has 3 N–H and O–H groups in total. The van der Waals surface area contributed by atoms with E-state index < -0.39 is 5.97 Å². The Morgan fingerprint density at radius 2 is 2.10 bits per heavy atom. The lowest BCUT2D eigenvalue weighted by Crippen LogP contribution is -2.07. The molecule has 0 fully saturated rings. The van der Waals surface area contributed by atoms with E-state index >= 15 is 0 Å². The number of carbonyl (C=O) groups excluding carboxylic acids is 1. The summed E-state index contributed by atoms with van der Waals surface area (Å²) < 4.78 is 4.77. The van der Waals surface area contributed by atoms with Gasteiger partial charge in [-0.1, -0.05) is 17.7 Å². The van der Waals surface area contributed by atoms with Gasteiger partial charge < -0.3 is 15.8 Å². The number of esters is 1. The molecule has 0 unspecified atom stereocenters. The van der Waals surface area contributed by atoms with Crippen molar-refractivity contribution in [2.45, 2.75) is 4.90 Å². The zero-order chi connectivity index (χ0) is 15.4. The highest BCUT2D eigenvalue weighted by molar-refractivity contribution is 7.98. The molecule has 0 saturated heterocycles. The van der Waals surface area contributed by atoms with Crippen molar-refractivity contribution in [3.8, 4) is 0 Å². The highest BCUT2D eigenvalue weighted by atomic mass is 35.5. The number of nitrogens with one attached hydrogen (secondary N) is 1. The minimum atomic E-state index is -0.493. The van der Waals surface area contributed by atoms with Crippen molar-refractivity contribution in [3.63, 3.8) is 0 Å². The SMILES string of the molecule is COC(=O)c1cc(N)cc(Cl)c1Nc1cccc(SC)c1. The number of rotatable bonds is 4. The Morgan fingerprint density at radius 1 is 1.33 bits per heavy atom. The Bertz CT molecular complexity index is 677. The Kier molecular flexibility index (Phi) is 4.98. The van der Waals surface area contributed by atoms with Crippen LogP contribution < -0.4 is 11.1 Å². The fraction of sp³-hybridized carbons (Fsp3) is 0.133. The van der Waals surface area contributed by atoms with Crippen LogP contribution in [-0.2, 0) is 4.74 Å². The molecular weight excluding hydrogens is 308 g/mol. The van der Waals surface area contributed by atoms with Crippen molar-refractivity contribution in [2.75, 3.05) is 24.4 Å². The molecule has 0 bridgehead atoms. The lowest BCUT2D eigenvalue weighted by Gasteiger charge is -2.14. The highest BCUT2D eigenvalue weighted by Gasteiger charge is 2.16. The molecule has 0 heterocycles. The molecule has 0 aliphatic heterocycles. The van der Waals surface area contributed by atoms with Gasteiger partial charge in [-0.3, -0.25) is 0 Å². The average molecular weight is 323 g/mol. The number of anilines is 3. The standard InChI is InChI=1S/C15H15ClN2O2S/c1-20-15(19)12-6-9(17)7-13(16)14(12)18-10-4-3-5-11(8-10)21-2/h3-8,18H,17H2,1-2H3. The Balaban J connectivity index is 2.45. The molecule has 0 aliphatic carbocycles. The van der Waals surface area contributed by atoms with Gasteiger partial charge in [0, 0.05) is 16.3 Å². The summed E-state index contributed by atoms with van der Waals surface area (Å²) in [4.78, 5) is 13.0. The Hall–Kier alpha value is -1.85. The van der Waals surface area contributed by atoms with Crippen molar-refractivity contribution < 1.29 is 9.53 Å². The predicted octanol–water partition coefficient (Wildman–Crippen LogP) is 4.17. The third-order valence-electron chi connectivity index (χ3n) is 2.86. The summed E-state index contributed by atoms with van der Waals surface area (Å²) in [5.74, 6) is -0.493. The number of ether oxygens (including phenoxy) is 1. The summed E-state index contributed by atoms with van der Waals surface area (Å²) in [6.45, 7) is 0. The summed E-state index contributed by atoms with van der Waals surface area (Å²) in [5.41, 5.74) is 7.76. The third kappa shape index (κ3) is 3.62. The summed E-state index contributed by atoms with van der Waals surface area (Å²) in [6.07, 6.45) is 2.00. The van der Waals surface area contributed by atoms with Gasteiger partial charge in [-0.15, -0.1) is 11.8 Å². The molecule has 2 aromatic carbocycles. The van der Waals surface area contributed by atoms with Crippen LogP contribution in [0.1, 0.15) is 10.4 Å². The van der Waals surface area contributed by atoms with Gasteiger partial charge in [-0.2, -0.15) is 0 Å². The van der Waals surface area contributed by atoms with Crippen LogP contribution in [0.15, 0.2) is 41.3 Å². The van der Waals surface area contributed by atoms with E-state index in [1.54, 1.807) is 23.9 Å².